The Morgan fingerprint density at radius 1 is 0.722 bits per heavy atom. The van der Waals surface area contributed by atoms with Gasteiger partial charge in [-0.2, -0.15) is 0 Å². The van der Waals surface area contributed by atoms with E-state index in [1.807, 2.05) is 0 Å². The van der Waals surface area contributed by atoms with Crippen LogP contribution in [0.25, 0.3) is 0 Å². The van der Waals surface area contributed by atoms with Crippen LogP contribution in [0.15, 0.2) is 24.3 Å². The van der Waals surface area contributed by atoms with Crippen LogP contribution in [0.2, 0.25) is 0 Å². The van der Waals surface area contributed by atoms with Gasteiger partial charge < -0.3 is 9.47 Å². The first-order chi connectivity index (χ1) is 8.69. The molecule has 0 aromatic carbocycles. The lowest BCUT2D eigenvalue weighted by atomic mass is 9.50. The van der Waals surface area contributed by atoms with E-state index in [4.69, 9.17) is 9.47 Å². The van der Waals surface area contributed by atoms with Crippen LogP contribution >= 0.6 is 0 Å². The van der Waals surface area contributed by atoms with Crippen molar-refractivity contribution in [1.29, 1.82) is 0 Å². The standard InChI is InChI=1S/C14H16O4/c1-17-13(15)11-9-5-6-10(8-4-3-7(8)9)12(11)14(16)18-2/h3-12H,1-2H3/t7-,8+,9-,10+,11-,12+. The number of esters is 2. The number of hydrogen-bond acceptors (Lipinski definition) is 4. The summed E-state index contributed by atoms with van der Waals surface area (Å²) in [6.45, 7) is 0. The monoisotopic (exact) mass is 248 g/mol. The second kappa shape index (κ2) is 3.97. The highest BCUT2D eigenvalue weighted by molar-refractivity contribution is 5.84. The molecule has 4 heteroatoms. The minimum Gasteiger partial charge on any atom is -0.469 e. The van der Waals surface area contributed by atoms with Crippen molar-refractivity contribution in [2.75, 3.05) is 14.2 Å². The molecule has 0 heterocycles. The lowest BCUT2D eigenvalue weighted by Crippen LogP contribution is -2.55. The summed E-state index contributed by atoms with van der Waals surface area (Å²) in [4.78, 5) is 24.0. The van der Waals surface area contributed by atoms with Gasteiger partial charge in [0.2, 0.25) is 0 Å². The largest absolute Gasteiger partial charge is 0.469 e. The smallest absolute Gasteiger partial charge is 0.310 e. The van der Waals surface area contributed by atoms with Crippen LogP contribution in [-0.4, -0.2) is 26.2 Å². The van der Waals surface area contributed by atoms with Crippen LogP contribution in [0.5, 0.6) is 0 Å². The van der Waals surface area contributed by atoms with E-state index >= 15 is 0 Å². The van der Waals surface area contributed by atoms with Gasteiger partial charge in [-0.05, 0) is 23.7 Å². The van der Waals surface area contributed by atoms with Crippen molar-refractivity contribution in [3.63, 3.8) is 0 Å². The van der Waals surface area contributed by atoms with Crippen molar-refractivity contribution in [2.45, 2.75) is 0 Å². The third-order valence-corrected chi connectivity index (χ3v) is 4.61. The van der Waals surface area contributed by atoms with Crippen LogP contribution in [-0.2, 0) is 19.1 Å². The van der Waals surface area contributed by atoms with Gasteiger partial charge in [0, 0.05) is 0 Å². The summed E-state index contributed by atoms with van der Waals surface area (Å²) in [7, 11) is 2.74. The molecular formula is C14H16O4. The number of rotatable bonds is 2. The van der Waals surface area contributed by atoms with E-state index in [0.29, 0.717) is 11.8 Å². The zero-order chi connectivity index (χ0) is 12.9. The number of carbonyl (C=O) groups is 2. The van der Waals surface area contributed by atoms with E-state index in [1.54, 1.807) is 0 Å². The Balaban J connectivity index is 2.00. The number of hydrogen-bond donors (Lipinski definition) is 0. The molecule has 96 valence electrons. The molecule has 6 atom stereocenters. The third-order valence-electron chi connectivity index (χ3n) is 4.61. The molecule has 0 spiro atoms. The average molecular weight is 248 g/mol. The van der Waals surface area contributed by atoms with Crippen molar-refractivity contribution >= 4 is 11.9 Å². The van der Waals surface area contributed by atoms with Gasteiger partial charge in [0.25, 0.3) is 0 Å². The predicted octanol–water partition coefficient (Wildman–Crippen LogP) is 1.18. The Kier molecular flexibility index (Phi) is 2.54. The minimum atomic E-state index is -0.399. The van der Waals surface area contributed by atoms with E-state index in [9.17, 15) is 9.59 Å². The van der Waals surface area contributed by atoms with E-state index in [1.165, 1.54) is 14.2 Å². The van der Waals surface area contributed by atoms with Gasteiger partial charge in [0.15, 0.2) is 0 Å². The molecule has 0 N–H and O–H groups in total. The molecule has 0 amide bonds. The summed E-state index contributed by atoms with van der Waals surface area (Å²) < 4.78 is 9.74. The molecule has 4 aliphatic carbocycles. The molecule has 4 rings (SSSR count). The fourth-order valence-electron chi connectivity index (χ4n) is 3.73. The van der Waals surface area contributed by atoms with Crippen molar-refractivity contribution in [1.82, 2.24) is 0 Å². The van der Waals surface area contributed by atoms with E-state index < -0.39 is 11.8 Å². The minimum absolute atomic E-state index is 0.0709. The zero-order valence-corrected chi connectivity index (χ0v) is 10.4. The Bertz CT molecular complexity index is 411. The SMILES string of the molecule is COC(=O)[C@@H]1[C@@H]2C=C[C@@H]([C@H]3C=C[C@H]32)[C@@H]1C(=O)OC. The van der Waals surface area contributed by atoms with Crippen LogP contribution in [0.4, 0.5) is 0 Å². The second-order valence-electron chi connectivity index (χ2n) is 5.18. The lowest BCUT2D eigenvalue weighted by molar-refractivity contribution is -0.167. The first-order valence-electron chi connectivity index (χ1n) is 6.21. The molecule has 0 unspecified atom stereocenters. The third kappa shape index (κ3) is 1.32. The Hall–Kier alpha value is -1.58. The van der Waals surface area contributed by atoms with Gasteiger partial charge in [-0.25, -0.2) is 0 Å². The van der Waals surface area contributed by atoms with Crippen molar-refractivity contribution in [2.24, 2.45) is 35.5 Å². The second-order valence-corrected chi connectivity index (χ2v) is 5.18. The number of allylic oxidation sites excluding steroid dienone is 4. The number of fused-ring (bicyclic) bond motifs is 1. The van der Waals surface area contributed by atoms with Gasteiger partial charge in [-0.3, -0.25) is 9.59 Å². The fraction of sp³-hybridized carbons (Fsp3) is 0.571. The van der Waals surface area contributed by atoms with Crippen LogP contribution in [0.3, 0.4) is 0 Å². The lowest BCUT2D eigenvalue weighted by Gasteiger charge is -2.53. The molecule has 4 nitrogen and oxygen atoms in total. The maximum atomic E-state index is 12.0. The van der Waals surface area contributed by atoms with E-state index in [0.717, 1.165) is 0 Å². The number of carbonyl (C=O) groups excluding carboxylic acids is 2. The number of ether oxygens (including phenoxy) is 2. The molecule has 1 fully saturated rings. The highest BCUT2D eigenvalue weighted by Crippen LogP contribution is 2.56. The molecule has 0 aromatic heterocycles. The molecule has 0 saturated heterocycles. The van der Waals surface area contributed by atoms with Crippen molar-refractivity contribution < 1.29 is 19.1 Å². The Morgan fingerprint density at radius 3 is 1.33 bits per heavy atom. The van der Waals surface area contributed by atoms with Crippen LogP contribution in [0.1, 0.15) is 0 Å². The van der Waals surface area contributed by atoms with Gasteiger partial charge in [-0.15, -0.1) is 0 Å². The summed E-state index contributed by atoms with van der Waals surface area (Å²) in [6.07, 6.45) is 8.40. The number of methoxy groups -OCH3 is 2. The maximum absolute atomic E-state index is 12.0. The van der Waals surface area contributed by atoms with Crippen molar-refractivity contribution in [3.05, 3.63) is 24.3 Å². The summed E-state index contributed by atoms with van der Waals surface area (Å²) in [5.74, 6) is -0.502. The van der Waals surface area contributed by atoms with Gasteiger partial charge >= 0.3 is 11.9 Å². The van der Waals surface area contributed by atoms with E-state index in [-0.39, 0.29) is 23.8 Å². The molecule has 0 aliphatic heterocycles. The topological polar surface area (TPSA) is 52.6 Å². The highest BCUT2D eigenvalue weighted by Gasteiger charge is 2.58. The molecule has 0 radical (unpaired) electrons. The van der Waals surface area contributed by atoms with Crippen LogP contribution < -0.4 is 0 Å². The van der Waals surface area contributed by atoms with E-state index in [2.05, 4.69) is 24.3 Å². The fourth-order valence-corrected chi connectivity index (χ4v) is 3.73. The van der Waals surface area contributed by atoms with Crippen molar-refractivity contribution in [3.8, 4) is 0 Å². The summed E-state index contributed by atoms with van der Waals surface area (Å²) in [5, 5.41) is 0. The first kappa shape index (κ1) is 11.5. The molecular weight excluding hydrogens is 232 g/mol. The highest BCUT2D eigenvalue weighted by atomic mass is 16.5. The summed E-state index contributed by atoms with van der Waals surface area (Å²) in [5.41, 5.74) is 0. The molecule has 18 heavy (non-hydrogen) atoms. The maximum Gasteiger partial charge on any atom is 0.310 e. The first-order valence-corrected chi connectivity index (χ1v) is 6.21. The molecule has 0 aromatic rings. The van der Waals surface area contributed by atoms with Crippen LogP contribution in [0, 0.1) is 35.5 Å². The quantitative estimate of drug-likeness (QED) is 0.544. The van der Waals surface area contributed by atoms with Gasteiger partial charge in [0.1, 0.15) is 0 Å². The van der Waals surface area contributed by atoms with Gasteiger partial charge in [0.05, 0.1) is 26.1 Å². The molecule has 1 saturated carbocycles. The average Bonchev–Trinajstić information content (AvgIpc) is 2.35. The summed E-state index contributed by atoms with van der Waals surface area (Å²) >= 11 is 0. The summed E-state index contributed by atoms with van der Waals surface area (Å²) in [6, 6.07) is 0. The van der Waals surface area contributed by atoms with Gasteiger partial charge in [-0.1, -0.05) is 24.3 Å². The normalized spacial score (nSPS) is 43.0. The molecule has 2 bridgehead atoms. The molecule has 4 aliphatic rings. The zero-order valence-electron chi connectivity index (χ0n) is 10.4. The Labute approximate surface area is 106 Å². The predicted molar refractivity (Wildman–Crippen MR) is 63.3 cm³/mol. The Morgan fingerprint density at radius 2 is 1.06 bits per heavy atom.